The van der Waals surface area contributed by atoms with Gasteiger partial charge in [0.1, 0.15) is 16.5 Å². The van der Waals surface area contributed by atoms with E-state index in [-0.39, 0.29) is 16.7 Å². The molecule has 6 nitrogen and oxygen atoms in total. The van der Waals surface area contributed by atoms with E-state index in [1.54, 1.807) is 24.0 Å². The van der Waals surface area contributed by atoms with Crippen LogP contribution >= 0.6 is 0 Å². The second-order valence-electron chi connectivity index (χ2n) is 7.12. The van der Waals surface area contributed by atoms with Gasteiger partial charge in [-0.25, -0.2) is 9.18 Å². The van der Waals surface area contributed by atoms with Crippen molar-refractivity contribution in [2.24, 2.45) is 0 Å². The number of anilines is 1. The van der Waals surface area contributed by atoms with Crippen molar-refractivity contribution in [3.8, 4) is 5.75 Å². The van der Waals surface area contributed by atoms with E-state index in [4.69, 9.17) is 4.18 Å². The summed E-state index contributed by atoms with van der Waals surface area (Å²) in [7, 11) is -4.11. The number of carbonyl (C=O) groups excluding carboxylic acids is 1. The molecule has 1 fully saturated rings. The summed E-state index contributed by atoms with van der Waals surface area (Å²) in [5, 5.41) is 0. The van der Waals surface area contributed by atoms with Crippen LogP contribution in [0.15, 0.2) is 47.4 Å². The first-order chi connectivity index (χ1) is 13.8. The minimum Gasteiger partial charge on any atom is -0.379 e. The summed E-state index contributed by atoms with van der Waals surface area (Å²) >= 11 is 0. The minimum absolute atomic E-state index is 0.0605. The Balaban J connectivity index is 1.70. The third-order valence-electron chi connectivity index (χ3n) is 4.79. The quantitative estimate of drug-likeness (QED) is 0.471. The number of unbranched alkanes of at least 4 members (excludes halogenated alkanes) is 2. The first-order valence-corrected chi connectivity index (χ1v) is 11.1. The zero-order chi connectivity index (χ0) is 21.0. The topological polar surface area (TPSA) is 66.9 Å². The highest BCUT2D eigenvalue weighted by molar-refractivity contribution is 7.87. The molecule has 3 rings (SSSR count). The van der Waals surface area contributed by atoms with Gasteiger partial charge in [0.05, 0.1) is 0 Å². The van der Waals surface area contributed by atoms with Crippen molar-refractivity contribution in [1.29, 1.82) is 0 Å². The van der Waals surface area contributed by atoms with E-state index in [9.17, 15) is 17.6 Å². The molecule has 0 spiro atoms. The Morgan fingerprint density at radius 1 is 1.07 bits per heavy atom. The minimum atomic E-state index is -4.11. The lowest BCUT2D eigenvalue weighted by Gasteiger charge is -2.19. The molecule has 29 heavy (non-hydrogen) atoms. The summed E-state index contributed by atoms with van der Waals surface area (Å²) in [6.07, 6.45) is 3.16. The van der Waals surface area contributed by atoms with Crippen LogP contribution in [0.4, 0.5) is 14.9 Å². The fourth-order valence-corrected chi connectivity index (χ4v) is 4.22. The lowest BCUT2D eigenvalue weighted by molar-refractivity contribution is 0.219. The molecular formula is C21H25FN2O4S. The van der Waals surface area contributed by atoms with Crippen molar-refractivity contribution in [3.63, 3.8) is 0 Å². The zero-order valence-electron chi connectivity index (χ0n) is 16.6. The Labute approximate surface area is 171 Å². The van der Waals surface area contributed by atoms with Crippen LogP contribution in [-0.2, 0) is 10.1 Å². The van der Waals surface area contributed by atoms with Crippen LogP contribution < -0.4 is 9.08 Å². The summed E-state index contributed by atoms with van der Waals surface area (Å²) in [6.45, 7) is 5.72. The standard InChI is InChI=1S/C21H25FN2O4S/c1-3-4-5-10-23-11-12-24(21(23)25)18-6-8-20(9-7-18)29(26,27)28-19-14-16(2)13-17(22)15-19/h6-9,13-15H,3-5,10-12H2,1-2H3. The van der Waals surface area contributed by atoms with Crippen molar-refractivity contribution >= 4 is 21.8 Å². The third kappa shape index (κ3) is 5.06. The number of benzene rings is 2. The fraction of sp³-hybridized carbons (Fsp3) is 0.381. The molecule has 8 heteroatoms. The Morgan fingerprint density at radius 2 is 1.79 bits per heavy atom. The van der Waals surface area contributed by atoms with E-state index < -0.39 is 15.9 Å². The van der Waals surface area contributed by atoms with Crippen LogP contribution in [0.5, 0.6) is 5.75 Å². The fourth-order valence-electron chi connectivity index (χ4n) is 3.30. The van der Waals surface area contributed by atoms with Gasteiger partial charge in [-0.15, -0.1) is 0 Å². The number of carbonyl (C=O) groups is 1. The molecule has 1 saturated heterocycles. The van der Waals surface area contributed by atoms with Crippen LogP contribution in [-0.4, -0.2) is 39.0 Å². The van der Waals surface area contributed by atoms with Crippen molar-refractivity contribution < 1.29 is 21.8 Å². The average molecular weight is 421 g/mol. The predicted octanol–water partition coefficient (Wildman–Crippen LogP) is 4.33. The van der Waals surface area contributed by atoms with Crippen LogP contribution in [0.3, 0.4) is 0 Å². The van der Waals surface area contributed by atoms with Gasteiger partial charge in [0, 0.05) is 31.4 Å². The molecule has 156 valence electrons. The molecule has 1 aliphatic heterocycles. The normalized spacial score (nSPS) is 14.5. The number of amides is 2. The molecule has 0 bridgehead atoms. The zero-order valence-corrected chi connectivity index (χ0v) is 17.4. The highest BCUT2D eigenvalue weighted by atomic mass is 32.2. The lowest BCUT2D eigenvalue weighted by atomic mass is 10.2. The maximum absolute atomic E-state index is 13.5. The van der Waals surface area contributed by atoms with Crippen molar-refractivity contribution in [2.45, 2.75) is 38.0 Å². The first-order valence-electron chi connectivity index (χ1n) is 9.68. The Hall–Kier alpha value is -2.61. The number of hydrogen-bond acceptors (Lipinski definition) is 4. The van der Waals surface area contributed by atoms with Gasteiger partial charge in [0.2, 0.25) is 0 Å². The van der Waals surface area contributed by atoms with Gasteiger partial charge in [0.15, 0.2) is 0 Å². The summed E-state index contributed by atoms with van der Waals surface area (Å²) < 4.78 is 43.5. The monoisotopic (exact) mass is 420 g/mol. The summed E-state index contributed by atoms with van der Waals surface area (Å²) in [5.74, 6) is -0.648. The summed E-state index contributed by atoms with van der Waals surface area (Å²) in [5.41, 5.74) is 1.19. The van der Waals surface area contributed by atoms with Gasteiger partial charge in [-0.2, -0.15) is 8.42 Å². The number of nitrogens with zero attached hydrogens (tertiary/aromatic N) is 2. The van der Waals surface area contributed by atoms with Gasteiger partial charge in [-0.3, -0.25) is 4.90 Å². The molecule has 2 aromatic carbocycles. The van der Waals surface area contributed by atoms with Crippen LogP contribution in [0, 0.1) is 12.7 Å². The SMILES string of the molecule is CCCCCN1CCN(c2ccc(S(=O)(=O)Oc3cc(C)cc(F)c3)cc2)C1=O. The average Bonchev–Trinajstić information content (AvgIpc) is 3.01. The van der Waals surface area contributed by atoms with E-state index >= 15 is 0 Å². The van der Waals surface area contributed by atoms with Crippen molar-refractivity contribution in [2.75, 3.05) is 24.5 Å². The van der Waals surface area contributed by atoms with E-state index in [1.165, 1.54) is 24.3 Å². The number of urea groups is 1. The van der Waals surface area contributed by atoms with Crippen molar-refractivity contribution in [3.05, 3.63) is 53.8 Å². The Morgan fingerprint density at radius 3 is 2.45 bits per heavy atom. The first kappa shape index (κ1) is 21.1. The molecule has 0 N–H and O–H groups in total. The number of rotatable bonds is 8. The maximum Gasteiger partial charge on any atom is 0.339 e. The largest absolute Gasteiger partial charge is 0.379 e. The number of hydrogen-bond donors (Lipinski definition) is 0. The highest BCUT2D eigenvalue weighted by Crippen LogP contribution is 2.25. The van der Waals surface area contributed by atoms with Crippen molar-refractivity contribution in [1.82, 2.24) is 4.90 Å². The van der Waals surface area contributed by atoms with Gasteiger partial charge in [0.25, 0.3) is 0 Å². The van der Waals surface area contributed by atoms with Crippen LogP contribution in [0.25, 0.3) is 0 Å². The van der Waals surface area contributed by atoms with E-state index in [0.717, 1.165) is 31.9 Å². The van der Waals surface area contributed by atoms with Gasteiger partial charge < -0.3 is 9.08 Å². The Kier molecular flexibility index (Phi) is 6.42. The van der Waals surface area contributed by atoms with E-state index in [2.05, 4.69) is 6.92 Å². The van der Waals surface area contributed by atoms with E-state index in [1.807, 2.05) is 4.90 Å². The predicted molar refractivity (Wildman–Crippen MR) is 109 cm³/mol. The second-order valence-corrected chi connectivity index (χ2v) is 8.67. The summed E-state index contributed by atoms with van der Waals surface area (Å²) in [4.78, 5) is 16.0. The molecule has 2 amide bonds. The molecule has 0 aromatic heterocycles. The molecule has 1 heterocycles. The van der Waals surface area contributed by atoms with Crippen LogP contribution in [0.1, 0.15) is 31.7 Å². The highest BCUT2D eigenvalue weighted by Gasteiger charge is 2.29. The molecule has 0 atom stereocenters. The van der Waals surface area contributed by atoms with Gasteiger partial charge >= 0.3 is 16.1 Å². The second kappa shape index (κ2) is 8.82. The number of halogens is 1. The molecule has 2 aromatic rings. The maximum atomic E-state index is 13.5. The third-order valence-corrected chi connectivity index (χ3v) is 6.05. The molecule has 0 radical (unpaired) electrons. The van der Waals surface area contributed by atoms with Crippen LogP contribution in [0.2, 0.25) is 0 Å². The molecule has 0 unspecified atom stereocenters. The molecule has 1 aliphatic rings. The Bertz CT molecular complexity index is 956. The van der Waals surface area contributed by atoms with Gasteiger partial charge in [-0.05, 0) is 55.3 Å². The lowest BCUT2D eigenvalue weighted by Crippen LogP contribution is -2.32. The molecule has 0 saturated carbocycles. The molecular weight excluding hydrogens is 395 g/mol. The number of aryl methyl sites for hydroxylation is 1. The smallest absolute Gasteiger partial charge is 0.339 e. The summed E-state index contributed by atoms with van der Waals surface area (Å²) in [6, 6.07) is 9.64. The van der Waals surface area contributed by atoms with Gasteiger partial charge in [-0.1, -0.05) is 19.8 Å². The van der Waals surface area contributed by atoms with E-state index in [0.29, 0.717) is 24.3 Å². The molecule has 0 aliphatic carbocycles.